The van der Waals surface area contributed by atoms with Gasteiger partial charge in [0.15, 0.2) is 11.3 Å². The molecule has 144 valence electrons. The summed E-state index contributed by atoms with van der Waals surface area (Å²) in [4.78, 5) is 12.9. The number of halogens is 3. The number of aromatic nitrogens is 1. The fourth-order valence-corrected chi connectivity index (χ4v) is 2.64. The molecule has 0 atom stereocenters. The molecule has 6 nitrogen and oxygen atoms in total. The van der Waals surface area contributed by atoms with Gasteiger partial charge < -0.3 is 19.5 Å². The van der Waals surface area contributed by atoms with Crippen LogP contribution in [-0.4, -0.2) is 43.3 Å². The van der Waals surface area contributed by atoms with Crippen LogP contribution in [0.1, 0.15) is 31.0 Å². The van der Waals surface area contributed by atoms with Gasteiger partial charge in [0, 0.05) is 26.2 Å². The second kappa shape index (κ2) is 8.29. The van der Waals surface area contributed by atoms with Crippen LogP contribution in [0.2, 0.25) is 0 Å². The molecule has 0 unspecified atom stereocenters. The molecule has 1 aromatic carbocycles. The smallest absolute Gasteiger partial charge is 0.437 e. The summed E-state index contributed by atoms with van der Waals surface area (Å²) in [6.45, 7) is 2.73. The van der Waals surface area contributed by atoms with Crippen molar-refractivity contribution in [2.75, 3.05) is 27.2 Å². The van der Waals surface area contributed by atoms with Gasteiger partial charge in [0.1, 0.15) is 5.75 Å². The van der Waals surface area contributed by atoms with Gasteiger partial charge in [-0.15, -0.1) is 0 Å². The third kappa shape index (κ3) is 4.39. The van der Waals surface area contributed by atoms with Crippen molar-refractivity contribution in [3.05, 3.63) is 23.4 Å². The first-order valence-electron chi connectivity index (χ1n) is 8.33. The Morgan fingerprint density at radius 3 is 2.73 bits per heavy atom. The normalized spacial score (nSPS) is 11.6. The maximum absolute atomic E-state index is 13.0. The highest BCUT2D eigenvalue weighted by atomic mass is 19.4. The largest absolute Gasteiger partial charge is 0.493 e. The predicted octanol–water partition coefficient (Wildman–Crippen LogP) is 3.84. The van der Waals surface area contributed by atoms with Crippen LogP contribution in [0.3, 0.4) is 0 Å². The second-order valence-corrected chi connectivity index (χ2v) is 5.88. The fourth-order valence-electron chi connectivity index (χ4n) is 2.64. The minimum Gasteiger partial charge on any atom is -0.493 e. The Kier molecular flexibility index (Phi) is 6.33. The van der Waals surface area contributed by atoms with Crippen LogP contribution in [0.15, 0.2) is 16.7 Å². The van der Waals surface area contributed by atoms with Crippen molar-refractivity contribution in [2.45, 2.75) is 32.4 Å². The average molecular weight is 373 g/mol. The van der Waals surface area contributed by atoms with Crippen molar-refractivity contribution in [3.63, 3.8) is 0 Å². The fraction of sp³-hybridized carbons (Fsp3) is 0.529. The molecule has 0 saturated heterocycles. The molecular weight excluding hydrogens is 351 g/mol. The molecule has 2 rings (SSSR count). The maximum atomic E-state index is 13.0. The van der Waals surface area contributed by atoms with E-state index in [-0.39, 0.29) is 17.0 Å². The molecule has 1 N–H and O–H groups in total. The van der Waals surface area contributed by atoms with Gasteiger partial charge in [0.2, 0.25) is 0 Å². The molecule has 0 spiro atoms. The Morgan fingerprint density at radius 1 is 1.38 bits per heavy atom. The lowest BCUT2D eigenvalue weighted by molar-refractivity contribution is -0.141. The van der Waals surface area contributed by atoms with E-state index in [1.165, 1.54) is 17.0 Å². The molecule has 1 aromatic heterocycles. The lowest BCUT2D eigenvalue weighted by Gasteiger charge is -2.17. The molecule has 0 aliphatic rings. The summed E-state index contributed by atoms with van der Waals surface area (Å²) < 4.78 is 49.7. The number of carbonyl (C=O) groups is 1. The SMILES string of the molecule is CCCc1c(OCCCN(C)C(=O)NC)ccc2c(C(F)(F)F)noc12. The summed E-state index contributed by atoms with van der Waals surface area (Å²) in [6.07, 6.45) is -2.76. The molecule has 0 saturated carbocycles. The van der Waals surface area contributed by atoms with Crippen LogP contribution in [0.4, 0.5) is 18.0 Å². The number of alkyl halides is 3. The molecule has 2 amide bonds. The van der Waals surface area contributed by atoms with Crippen LogP contribution < -0.4 is 10.1 Å². The van der Waals surface area contributed by atoms with Gasteiger partial charge in [-0.2, -0.15) is 13.2 Å². The summed E-state index contributed by atoms with van der Waals surface area (Å²) in [5, 5.41) is 5.65. The highest BCUT2D eigenvalue weighted by molar-refractivity contribution is 5.85. The number of rotatable bonds is 7. The van der Waals surface area contributed by atoms with E-state index in [0.717, 1.165) is 6.42 Å². The molecule has 0 fully saturated rings. The van der Waals surface area contributed by atoms with Gasteiger partial charge >= 0.3 is 12.2 Å². The first kappa shape index (κ1) is 19.9. The van der Waals surface area contributed by atoms with Crippen LogP contribution in [0, 0.1) is 0 Å². The summed E-state index contributed by atoms with van der Waals surface area (Å²) >= 11 is 0. The van der Waals surface area contributed by atoms with Gasteiger partial charge in [0.05, 0.1) is 12.0 Å². The van der Waals surface area contributed by atoms with Crippen molar-refractivity contribution in [1.29, 1.82) is 0 Å². The van der Waals surface area contributed by atoms with Gasteiger partial charge in [0.25, 0.3) is 0 Å². The third-order valence-electron chi connectivity index (χ3n) is 3.93. The van der Waals surface area contributed by atoms with Crippen LogP contribution in [0.25, 0.3) is 11.0 Å². The average Bonchev–Trinajstić information content (AvgIpc) is 3.04. The second-order valence-electron chi connectivity index (χ2n) is 5.88. The molecule has 9 heteroatoms. The number of nitrogens with one attached hydrogen (secondary N) is 1. The monoisotopic (exact) mass is 373 g/mol. The summed E-state index contributed by atoms with van der Waals surface area (Å²) in [5.41, 5.74) is -0.338. The molecule has 0 radical (unpaired) electrons. The lowest BCUT2D eigenvalue weighted by atomic mass is 10.0. The topological polar surface area (TPSA) is 67.6 Å². The lowest BCUT2D eigenvalue weighted by Crippen LogP contribution is -2.35. The molecule has 2 aromatic rings. The van der Waals surface area contributed by atoms with E-state index >= 15 is 0 Å². The first-order valence-corrected chi connectivity index (χ1v) is 8.33. The number of amides is 2. The van der Waals surface area contributed by atoms with Crippen LogP contribution >= 0.6 is 0 Å². The van der Waals surface area contributed by atoms with E-state index in [9.17, 15) is 18.0 Å². The number of hydrogen-bond acceptors (Lipinski definition) is 4. The van der Waals surface area contributed by atoms with Crippen LogP contribution in [0.5, 0.6) is 5.75 Å². The highest BCUT2D eigenvalue weighted by Crippen LogP contribution is 2.38. The van der Waals surface area contributed by atoms with E-state index in [0.29, 0.717) is 37.3 Å². The number of benzene rings is 1. The Labute approximate surface area is 149 Å². The van der Waals surface area contributed by atoms with Crippen molar-refractivity contribution in [1.82, 2.24) is 15.4 Å². The summed E-state index contributed by atoms with van der Waals surface area (Å²) in [7, 11) is 3.22. The van der Waals surface area contributed by atoms with Crippen molar-refractivity contribution in [3.8, 4) is 5.75 Å². The Hall–Kier alpha value is -2.45. The van der Waals surface area contributed by atoms with Gasteiger partial charge in [-0.1, -0.05) is 18.5 Å². The quantitative estimate of drug-likeness (QED) is 0.749. The molecule has 0 aliphatic heterocycles. The molecule has 0 bridgehead atoms. The summed E-state index contributed by atoms with van der Waals surface area (Å²) in [6, 6.07) is 2.64. The van der Waals surface area contributed by atoms with E-state index in [4.69, 9.17) is 9.26 Å². The highest BCUT2D eigenvalue weighted by Gasteiger charge is 2.37. The van der Waals surface area contributed by atoms with E-state index in [1.807, 2.05) is 6.92 Å². The molecule has 1 heterocycles. The Bertz CT molecular complexity index is 759. The standard InChI is InChI=1S/C17H22F3N3O3/c1-4-6-11-13(25-10-5-9-23(3)16(24)21-2)8-7-12-14(11)26-22-15(12)17(18,19)20/h7-8H,4-6,9-10H2,1-3H3,(H,21,24). The number of aryl methyl sites for hydroxylation is 1. The minimum absolute atomic E-state index is 0.0624. The maximum Gasteiger partial charge on any atom is 0.437 e. The zero-order valence-corrected chi connectivity index (χ0v) is 14.9. The summed E-state index contributed by atoms with van der Waals surface area (Å²) in [5.74, 6) is 0.479. The van der Waals surface area contributed by atoms with Gasteiger partial charge in [-0.3, -0.25) is 0 Å². The number of urea groups is 1. The van der Waals surface area contributed by atoms with Gasteiger partial charge in [-0.05, 0) is 25.0 Å². The number of fused-ring (bicyclic) bond motifs is 1. The van der Waals surface area contributed by atoms with Crippen molar-refractivity contribution >= 4 is 17.0 Å². The molecular formula is C17H22F3N3O3. The number of carbonyl (C=O) groups excluding carboxylic acids is 1. The predicted molar refractivity (Wildman–Crippen MR) is 90.2 cm³/mol. The zero-order valence-electron chi connectivity index (χ0n) is 14.9. The number of hydrogen-bond donors (Lipinski definition) is 1. The molecule has 26 heavy (non-hydrogen) atoms. The molecule has 0 aliphatic carbocycles. The number of nitrogens with zero attached hydrogens (tertiary/aromatic N) is 2. The zero-order chi connectivity index (χ0) is 19.3. The number of ether oxygens (including phenoxy) is 1. The Balaban J connectivity index is 2.15. The van der Waals surface area contributed by atoms with Crippen molar-refractivity contribution < 1.29 is 27.2 Å². The van der Waals surface area contributed by atoms with E-state index < -0.39 is 11.9 Å². The first-order chi connectivity index (χ1) is 12.3. The van der Waals surface area contributed by atoms with E-state index in [1.54, 1.807) is 14.1 Å². The third-order valence-corrected chi connectivity index (χ3v) is 3.93. The van der Waals surface area contributed by atoms with Gasteiger partial charge in [-0.25, -0.2) is 4.79 Å². The van der Waals surface area contributed by atoms with Crippen molar-refractivity contribution in [2.24, 2.45) is 0 Å². The minimum atomic E-state index is -4.57. The Morgan fingerprint density at radius 2 is 2.12 bits per heavy atom. The van der Waals surface area contributed by atoms with E-state index in [2.05, 4.69) is 10.5 Å². The van der Waals surface area contributed by atoms with Crippen LogP contribution in [-0.2, 0) is 12.6 Å².